The molecule has 2 rings (SSSR count). The second-order valence-electron chi connectivity index (χ2n) is 6.94. The van der Waals surface area contributed by atoms with Crippen LogP contribution in [0.25, 0.3) is 0 Å². The van der Waals surface area contributed by atoms with Crippen molar-refractivity contribution in [3.63, 3.8) is 0 Å². The van der Waals surface area contributed by atoms with Crippen LogP contribution in [0, 0.1) is 0 Å². The van der Waals surface area contributed by atoms with Gasteiger partial charge in [-0.05, 0) is 45.1 Å². The van der Waals surface area contributed by atoms with Gasteiger partial charge in [0.25, 0.3) is 0 Å². The van der Waals surface area contributed by atoms with E-state index in [0.717, 1.165) is 17.0 Å². The van der Waals surface area contributed by atoms with E-state index in [1.807, 2.05) is 55.5 Å². The van der Waals surface area contributed by atoms with Crippen LogP contribution in [0.5, 0.6) is 0 Å². The Kier molecular flexibility index (Phi) is 6.09. The largest absolute Gasteiger partial charge is 0.295 e. The van der Waals surface area contributed by atoms with Crippen LogP contribution < -0.4 is 4.67 Å². The number of carbonyl (C=O) groups excluding carboxylic acids is 1. The zero-order chi connectivity index (χ0) is 17.6. The Bertz CT molecular complexity index is 691. The average molecular weight is 339 g/mol. The summed E-state index contributed by atoms with van der Waals surface area (Å²) in [5, 5.41) is 4.84. The quantitative estimate of drug-likeness (QED) is 0.294. The molecule has 2 aromatic rings. The lowest BCUT2D eigenvalue weighted by Gasteiger charge is -2.32. The molecule has 126 valence electrons. The lowest BCUT2D eigenvalue weighted by Crippen LogP contribution is -2.43. The highest BCUT2D eigenvalue weighted by atomic mass is 28.3. The van der Waals surface area contributed by atoms with Crippen LogP contribution in [-0.2, 0) is 0 Å². The Morgan fingerprint density at radius 1 is 0.917 bits per heavy atom. The molecule has 0 aliphatic heterocycles. The highest BCUT2D eigenvalue weighted by Gasteiger charge is 2.24. The van der Waals surface area contributed by atoms with Gasteiger partial charge in [0.15, 0.2) is 14.0 Å². The van der Waals surface area contributed by atoms with E-state index in [9.17, 15) is 4.79 Å². The minimum absolute atomic E-state index is 0.171. The van der Waals surface area contributed by atoms with Gasteiger partial charge in [-0.2, -0.15) is 5.10 Å². The van der Waals surface area contributed by atoms with Gasteiger partial charge in [-0.1, -0.05) is 48.5 Å². The van der Waals surface area contributed by atoms with E-state index < -0.39 is 8.24 Å². The number of carbonyl (C=O) groups is 1. The summed E-state index contributed by atoms with van der Waals surface area (Å²) < 4.78 is 2.16. The molecule has 0 atom stereocenters. The van der Waals surface area contributed by atoms with Gasteiger partial charge in [-0.15, -0.1) is 0 Å². The number of para-hydroxylation sites is 1. The summed E-state index contributed by atoms with van der Waals surface area (Å²) in [5.41, 5.74) is 2.88. The number of benzene rings is 2. The number of anilines is 1. The van der Waals surface area contributed by atoms with Crippen molar-refractivity contribution in [1.29, 1.82) is 0 Å². The molecule has 0 aromatic heterocycles. The second-order valence-corrected chi connectivity index (χ2v) is 11.7. The Labute approximate surface area is 146 Å². The third-order valence-electron chi connectivity index (χ3n) is 3.72. The maximum atomic E-state index is 12.2. The van der Waals surface area contributed by atoms with Crippen LogP contribution in [0.2, 0.25) is 19.6 Å². The normalized spacial score (nSPS) is 12.1. The minimum atomic E-state index is -1.65. The SMILES string of the molecule is CC(CCC(=O)c1ccccc1)=NN(c1ccccc1)[Si](C)(C)C. The van der Waals surface area contributed by atoms with E-state index in [-0.39, 0.29) is 5.78 Å². The van der Waals surface area contributed by atoms with Gasteiger partial charge in [0.2, 0.25) is 0 Å². The fourth-order valence-electron chi connectivity index (χ4n) is 2.45. The van der Waals surface area contributed by atoms with Gasteiger partial charge >= 0.3 is 0 Å². The monoisotopic (exact) mass is 338 g/mol. The average Bonchev–Trinajstić information content (AvgIpc) is 2.58. The molecule has 0 radical (unpaired) electrons. The standard InChI is InChI=1S/C20H26N2OSi/c1-17(15-16-20(23)18-11-7-5-8-12-18)21-22(24(2,3)4)19-13-9-6-10-14-19/h5-14H,15-16H2,1-4H3. The zero-order valence-corrected chi connectivity index (χ0v) is 16.0. The molecule has 0 unspecified atom stereocenters. The third kappa shape index (κ3) is 5.17. The molecule has 0 heterocycles. The molecule has 0 saturated heterocycles. The number of rotatable bonds is 7. The summed E-state index contributed by atoms with van der Waals surface area (Å²) >= 11 is 0. The molecule has 0 amide bonds. The van der Waals surface area contributed by atoms with Crippen LogP contribution >= 0.6 is 0 Å². The first-order valence-electron chi connectivity index (χ1n) is 8.35. The molecule has 3 nitrogen and oxygen atoms in total. The molecule has 0 aliphatic carbocycles. The molecule has 0 N–H and O–H groups in total. The van der Waals surface area contributed by atoms with Crippen molar-refractivity contribution in [3.8, 4) is 0 Å². The van der Waals surface area contributed by atoms with Crippen LogP contribution in [-0.4, -0.2) is 19.7 Å². The van der Waals surface area contributed by atoms with Gasteiger partial charge in [-0.25, -0.2) is 0 Å². The van der Waals surface area contributed by atoms with Crippen molar-refractivity contribution in [3.05, 3.63) is 66.2 Å². The molecule has 0 saturated carbocycles. The molecule has 0 bridgehead atoms. The van der Waals surface area contributed by atoms with E-state index in [4.69, 9.17) is 5.10 Å². The summed E-state index contributed by atoms with van der Waals surface area (Å²) in [6.07, 6.45) is 1.18. The second kappa shape index (κ2) is 8.06. The Morgan fingerprint density at radius 2 is 1.46 bits per heavy atom. The molecular weight excluding hydrogens is 312 g/mol. The molecule has 0 aliphatic rings. The van der Waals surface area contributed by atoms with Crippen molar-refractivity contribution in [2.24, 2.45) is 5.10 Å². The lowest BCUT2D eigenvalue weighted by atomic mass is 10.1. The Balaban J connectivity index is 2.08. The number of nitrogens with zero attached hydrogens (tertiary/aromatic N) is 2. The van der Waals surface area contributed by atoms with Crippen LogP contribution in [0.3, 0.4) is 0 Å². The van der Waals surface area contributed by atoms with E-state index >= 15 is 0 Å². The fourth-order valence-corrected chi connectivity index (χ4v) is 3.84. The van der Waals surface area contributed by atoms with Crippen LogP contribution in [0.4, 0.5) is 5.69 Å². The smallest absolute Gasteiger partial charge is 0.176 e. The van der Waals surface area contributed by atoms with E-state index in [0.29, 0.717) is 12.8 Å². The zero-order valence-electron chi connectivity index (χ0n) is 15.0. The predicted octanol–water partition coefficient (Wildman–Crippen LogP) is 5.37. The van der Waals surface area contributed by atoms with Crippen molar-refractivity contribution in [2.45, 2.75) is 39.4 Å². The van der Waals surface area contributed by atoms with Crippen molar-refractivity contribution < 1.29 is 4.79 Å². The Hall–Kier alpha value is -2.20. The number of hydrazone groups is 1. The molecule has 0 fully saturated rings. The highest BCUT2D eigenvalue weighted by Crippen LogP contribution is 2.22. The molecule has 2 aromatic carbocycles. The summed E-state index contributed by atoms with van der Waals surface area (Å²) in [6.45, 7) is 8.82. The number of ketones is 1. The molecule has 0 spiro atoms. The maximum Gasteiger partial charge on any atom is 0.176 e. The van der Waals surface area contributed by atoms with Gasteiger partial charge in [-0.3, -0.25) is 9.47 Å². The van der Waals surface area contributed by atoms with Crippen LogP contribution in [0.15, 0.2) is 65.8 Å². The number of Topliss-reactive ketones (excluding diaryl/α,β-unsaturated/α-hetero) is 1. The maximum absolute atomic E-state index is 12.2. The predicted molar refractivity (Wildman–Crippen MR) is 105 cm³/mol. The topological polar surface area (TPSA) is 32.7 Å². The van der Waals surface area contributed by atoms with Crippen molar-refractivity contribution in [1.82, 2.24) is 0 Å². The first kappa shape index (κ1) is 18.1. The lowest BCUT2D eigenvalue weighted by molar-refractivity contribution is 0.0985. The van der Waals surface area contributed by atoms with Gasteiger partial charge in [0.1, 0.15) is 0 Å². The number of hydrogen-bond acceptors (Lipinski definition) is 3. The first-order valence-corrected chi connectivity index (χ1v) is 11.8. The summed E-state index contributed by atoms with van der Waals surface area (Å²) in [4.78, 5) is 12.2. The van der Waals surface area contributed by atoms with Crippen molar-refractivity contribution in [2.75, 3.05) is 4.67 Å². The fraction of sp³-hybridized carbons (Fsp3) is 0.300. The summed E-state index contributed by atoms with van der Waals surface area (Å²) in [5.74, 6) is 0.171. The highest BCUT2D eigenvalue weighted by molar-refractivity contribution is 6.79. The van der Waals surface area contributed by atoms with E-state index in [1.54, 1.807) is 0 Å². The third-order valence-corrected chi connectivity index (χ3v) is 5.35. The molecular formula is C20H26N2OSi. The van der Waals surface area contributed by atoms with Crippen molar-refractivity contribution >= 4 is 25.4 Å². The van der Waals surface area contributed by atoms with E-state index in [1.165, 1.54) is 0 Å². The Morgan fingerprint density at radius 3 is 2.00 bits per heavy atom. The first-order chi connectivity index (χ1) is 11.4. The molecule has 24 heavy (non-hydrogen) atoms. The summed E-state index contributed by atoms with van der Waals surface area (Å²) in [7, 11) is -1.65. The molecule has 4 heteroatoms. The minimum Gasteiger partial charge on any atom is -0.295 e. The summed E-state index contributed by atoms with van der Waals surface area (Å²) in [6, 6.07) is 19.7. The van der Waals surface area contributed by atoms with E-state index in [2.05, 4.69) is 36.4 Å². The number of hydrogen-bond donors (Lipinski definition) is 0. The van der Waals surface area contributed by atoms with Gasteiger partial charge in [0, 0.05) is 23.4 Å². The van der Waals surface area contributed by atoms with Gasteiger partial charge in [0.05, 0.1) is 0 Å². The van der Waals surface area contributed by atoms with Gasteiger partial charge < -0.3 is 0 Å². The van der Waals surface area contributed by atoms with Crippen LogP contribution in [0.1, 0.15) is 30.1 Å².